The molecular formula is C19H25N5O. The molecule has 0 aliphatic carbocycles. The van der Waals surface area contributed by atoms with E-state index in [-0.39, 0.29) is 5.91 Å². The fourth-order valence-corrected chi connectivity index (χ4v) is 4.15. The molecule has 132 valence electrons. The second kappa shape index (κ2) is 6.96. The number of amides is 1. The summed E-state index contributed by atoms with van der Waals surface area (Å²) in [7, 11) is 0. The van der Waals surface area contributed by atoms with Gasteiger partial charge in [-0.05, 0) is 43.4 Å². The van der Waals surface area contributed by atoms with Gasteiger partial charge in [-0.2, -0.15) is 5.10 Å². The summed E-state index contributed by atoms with van der Waals surface area (Å²) in [6.07, 6.45) is 7.84. The lowest BCUT2D eigenvalue weighted by molar-refractivity contribution is -0.136. The van der Waals surface area contributed by atoms with Crippen LogP contribution >= 0.6 is 0 Å². The molecule has 6 heteroatoms. The molecule has 0 saturated carbocycles. The molecule has 1 amide bonds. The molecule has 0 spiro atoms. The van der Waals surface area contributed by atoms with Crippen molar-refractivity contribution in [2.24, 2.45) is 5.92 Å². The summed E-state index contributed by atoms with van der Waals surface area (Å²) in [5.74, 6) is 0.766. The van der Waals surface area contributed by atoms with Gasteiger partial charge in [0, 0.05) is 56.5 Å². The van der Waals surface area contributed by atoms with E-state index in [0.29, 0.717) is 18.5 Å². The van der Waals surface area contributed by atoms with Crippen molar-refractivity contribution in [1.29, 1.82) is 0 Å². The Bertz CT molecular complexity index is 728. The van der Waals surface area contributed by atoms with Crippen LogP contribution in [0.5, 0.6) is 0 Å². The maximum atomic E-state index is 12.9. The summed E-state index contributed by atoms with van der Waals surface area (Å²) < 4.78 is 1.80. The summed E-state index contributed by atoms with van der Waals surface area (Å²) >= 11 is 0. The van der Waals surface area contributed by atoms with Gasteiger partial charge in [0.2, 0.25) is 5.91 Å². The molecule has 6 nitrogen and oxygen atoms in total. The van der Waals surface area contributed by atoms with Gasteiger partial charge in [0.15, 0.2) is 0 Å². The molecule has 3 fully saturated rings. The minimum absolute atomic E-state index is 0.199. The Hall–Kier alpha value is -2.21. The molecular weight excluding hydrogens is 314 g/mol. The molecule has 5 heterocycles. The molecule has 3 saturated heterocycles. The molecule has 0 aromatic carbocycles. The number of piperidine rings is 1. The van der Waals surface area contributed by atoms with Gasteiger partial charge < -0.3 is 4.90 Å². The summed E-state index contributed by atoms with van der Waals surface area (Å²) in [6.45, 7) is 6.16. The first-order valence-corrected chi connectivity index (χ1v) is 9.08. The zero-order chi connectivity index (χ0) is 17.2. The standard InChI is InChI=1S/C19H25N5O/c1-15-6-8-21-24(15)14-19(25)23-12-17-4-5-18(23)13-22(11-17)10-16-3-2-7-20-9-16/h2-3,6-9,17-18H,4-5,10-14H2,1H3/t17-,18+/m0/s1. The zero-order valence-electron chi connectivity index (χ0n) is 14.7. The smallest absolute Gasteiger partial charge is 0.244 e. The van der Waals surface area contributed by atoms with Crippen molar-refractivity contribution < 1.29 is 4.79 Å². The largest absolute Gasteiger partial charge is 0.336 e. The average Bonchev–Trinajstić information content (AvgIpc) is 2.82. The Morgan fingerprint density at radius 1 is 1.20 bits per heavy atom. The molecule has 0 unspecified atom stereocenters. The third-order valence-electron chi connectivity index (χ3n) is 5.45. The highest BCUT2D eigenvalue weighted by Crippen LogP contribution is 2.29. The first-order valence-electron chi connectivity index (χ1n) is 9.08. The van der Waals surface area contributed by atoms with Crippen LogP contribution in [-0.4, -0.2) is 56.1 Å². The Morgan fingerprint density at radius 2 is 2.12 bits per heavy atom. The average molecular weight is 339 g/mol. The lowest BCUT2D eigenvalue weighted by Gasteiger charge is -2.36. The van der Waals surface area contributed by atoms with Gasteiger partial charge in [0.25, 0.3) is 0 Å². The van der Waals surface area contributed by atoms with Crippen LogP contribution in [0.1, 0.15) is 24.1 Å². The van der Waals surface area contributed by atoms with Crippen LogP contribution in [0.3, 0.4) is 0 Å². The Balaban J connectivity index is 1.44. The molecule has 2 aromatic heterocycles. The third kappa shape index (κ3) is 3.58. The van der Waals surface area contributed by atoms with Gasteiger partial charge >= 0.3 is 0 Å². The van der Waals surface area contributed by atoms with Crippen molar-refractivity contribution in [1.82, 2.24) is 24.6 Å². The number of fused-ring (bicyclic) bond motifs is 4. The van der Waals surface area contributed by atoms with Crippen molar-refractivity contribution in [3.63, 3.8) is 0 Å². The predicted octanol–water partition coefficient (Wildman–Crippen LogP) is 1.71. The number of aromatic nitrogens is 3. The van der Waals surface area contributed by atoms with E-state index in [4.69, 9.17) is 0 Å². The number of nitrogens with zero attached hydrogens (tertiary/aromatic N) is 5. The molecule has 25 heavy (non-hydrogen) atoms. The number of aryl methyl sites for hydroxylation is 1. The van der Waals surface area contributed by atoms with Crippen molar-refractivity contribution in [3.8, 4) is 0 Å². The highest BCUT2D eigenvalue weighted by atomic mass is 16.2. The van der Waals surface area contributed by atoms with E-state index in [1.807, 2.05) is 31.5 Å². The van der Waals surface area contributed by atoms with Crippen molar-refractivity contribution >= 4 is 5.91 Å². The second-order valence-corrected chi connectivity index (χ2v) is 7.33. The quantitative estimate of drug-likeness (QED) is 0.851. The Kier molecular flexibility index (Phi) is 4.53. The summed E-state index contributed by atoms with van der Waals surface area (Å²) in [5, 5.41) is 4.26. The first-order chi connectivity index (χ1) is 12.2. The third-order valence-corrected chi connectivity index (χ3v) is 5.45. The molecule has 2 atom stereocenters. The van der Waals surface area contributed by atoms with Gasteiger partial charge in [-0.25, -0.2) is 0 Å². The zero-order valence-corrected chi connectivity index (χ0v) is 14.7. The van der Waals surface area contributed by atoms with E-state index < -0.39 is 0 Å². The van der Waals surface area contributed by atoms with E-state index in [1.165, 1.54) is 12.0 Å². The van der Waals surface area contributed by atoms with Crippen LogP contribution in [0, 0.1) is 12.8 Å². The van der Waals surface area contributed by atoms with Gasteiger partial charge in [-0.15, -0.1) is 0 Å². The fraction of sp³-hybridized carbons (Fsp3) is 0.526. The topological polar surface area (TPSA) is 54.3 Å². The van der Waals surface area contributed by atoms with E-state index >= 15 is 0 Å². The number of rotatable bonds is 4. The molecule has 3 aliphatic heterocycles. The van der Waals surface area contributed by atoms with Gasteiger partial charge in [0.05, 0.1) is 0 Å². The Morgan fingerprint density at radius 3 is 2.88 bits per heavy atom. The van der Waals surface area contributed by atoms with E-state index in [9.17, 15) is 4.79 Å². The van der Waals surface area contributed by atoms with Crippen molar-refractivity contribution in [2.75, 3.05) is 19.6 Å². The Labute approximate surface area is 148 Å². The molecule has 5 rings (SSSR count). The van der Waals surface area contributed by atoms with Gasteiger partial charge in [-0.3, -0.25) is 19.4 Å². The highest BCUT2D eigenvalue weighted by molar-refractivity contribution is 5.76. The van der Waals surface area contributed by atoms with E-state index in [2.05, 4.69) is 25.9 Å². The maximum Gasteiger partial charge on any atom is 0.244 e. The summed E-state index contributed by atoms with van der Waals surface area (Å²) in [6, 6.07) is 6.38. The van der Waals surface area contributed by atoms with Crippen molar-refractivity contribution in [3.05, 3.63) is 48.0 Å². The summed E-state index contributed by atoms with van der Waals surface area (Å²) in [5.41, 5.74) is 2.28. The van der Waals surface area contributed by atoms with Crippen LogP contribution in [-0.2, 0) is 17.9 Å². The monoisotopic (exact) mass is 339 g/mol. The normalized spacial score (nSPS) is 23.6. The summed E-state index contributed by atoms with van der Waals surface area (Å²) in [4.78, 5) is 21.7. The lowest BCUT2D eigenvalue weighted by atomic mass is 9.95. The molecule has 0 N–H and O–H groups in total. The van der Waals surface area contributed by atoms with E-state index in [1.54, 1.807) is 10.9 Å². The minimum atomic E-state index is 0.199. The van der Waals surface area contributed by atoms with Crippen LogP contribution in [0.4, 0.5) is 0 Å². The lowest BCUT2D eigenvalue weighted by Crippen LogP contribution is -2.48. The van der Waals surface area contributed by atoms with Crippen molar-refractivity contribution in [2.45, 2.75) is 38.9 Å². The fourth-order valence-electron chi connectivity index (χ4n) is 4.15. The second-order valence-electron chi connectivity index (χ2n) is 7.33. The van der Waals surface area contributed by atoms with Crippen LogP contribution < -0.4 is 0 Å². The van der Waals surface area contributed by atoms with Crippen LogP contribution in [0.15, 0.2) is 36.8 Å². The van der Waals surface area contributed by atoms with Gasteiger partial charge in [-0.1, -0.05) is 6.07 Å². The number of carbonyl (C=O) groups excluding carboxylic acids is 1. The minimum Gasteiger partial charge on any atom is -0.336 e. The maximum absolute atomic E-state index is 12.9. The predicted molar refractivity (Wildman–Crippen MR) is 94.7 cm³/mol. The SMILES string of the molecule is Cc1ccnn1CC(=O)N1C[C@H]2CC[C@@H]1CN(Cc1cccnc1)C2. The van der Waals surface area contributed by atoms with Gasteiger partial charge in [0.1, 0.15) is 6.54 Å². The number of hydrogen-bond donors (Lipinski definition) is 0. The molecule has 3 aliphatic rings. The number of hydrogen-bond acceptors (Lipinski definition) is 4. The molecule has 2 aromatic rings. The van der Waals surface area contributed by atoms with Crippen LogP contribution in [0.2, 0.25) is 0 Å². The number of pyridine rings is 1. The van der Waals surface area contributed by atoms with E-state index in [0.717, 1.165) is 38.3 Å². The first kappa shape index (κ1) is 16.3. The highest BCUT2D eigenvalue weighted by Gasteiger charge is 2.37. The number of carbonyl (C=O) groups is 1. The molecule has 2 bridgehead atoms. The van der Waals surface area contributed by atoms with Crippen LogP contribution in [0.25, 0.3) is 0 Å². The molecule has 0 radical (unpaired) electrons.